The zero-order chi connectivity index (χ0) is 18.2. The van der Waals surface area contributed by atoms with Crippen LogP contribution in [-0.4, -0.2) is 24.3 Å². The number of urea groups is 1. The van der Waals surface area contributed by atoms with Gasteiger partial charge in [-0.25, -0.2) is 9.59 Å². The fourth-order valence-corrected chi connectivity index (χ4v) is 3.08. The molecule has 3 amide bonds. The zero-order valence-electron chi connectivity index (χ0n) is 14.5. The molecule has 1 aliphatic carbocycles. The van der Waals surface area contributed by atoms with Crippen LogP contribution >= 0.6 is 0 Å². The van der Waals surface area contributed by atoms with Gasteiger partial charge in [-0.15, -0.1) is 0 Å². The number of hydrogen-bond acceptors (Lipinski definition) is 3. The average molecular weight is 353 g/mol. The number of ether oxygens (including phenoxy) is 1. The summed E-state index contributed by atoms with van der Waals surface area (Å²) in [5.74, 6) is 0. The molecule has 1 aliphatic rings. The van der Waals surface area contributed by atoms with Crippen molar-refractivity contribution in [1.29, 1.82) is 0 Å². The van der Waals surface area contributed by atoms with Crippen molar-refractivity contribution in [2.75, 3.05) is 10.6 Å². The van der Waals surface area contributed by atoms with E-state index in [9.17, 15) is 9.59 Å². The van der Waals surface area contributed by atoms with E-state index in [1.165, 1.54) is 0 Å². The van der Waals surface area contributed by atoms with Gasteiger partial charge in [0.2, 0.25) is 0 Å². The monoisotopic (exact) mass is 353 g/mol. The molecular formula is C20H23N3O3. The molecule has 0 spiro atoms. The Hall–Kier alpha value is -3.02. The number of hydrogen-bond donors (Lipinski definition) is 3. The maximum atomic E-state index is 12.1. The van der Waals surface area contributed by atoms with Gasteiger partial charge in [-0.1, -0.05) is 36.4 Å². The minimum atomic E-state index is -0.462. The van der Waals surface area contributed by atoms with Gasteiger partial charge in [-0.3, -0.25) is 5.32 Å². The van der Waals surface area contributed by atoms with Crippen molar-refractivity contribution < 1.29 is 14.3 Å². The summed E-state index contributed by atoms with van der Waals surface area (Å²) in [4.78, 5) is 24.1. The molecule has 6 heteroatoms. The number of rotatable bonds is 4. The predicted molar refractivity (Wildman–Crippen MR) is 101 cm³/mol. The molecule has 0 saturated heterocycles. The van der Waals surface area contributed by atoms with E-state index in [0.717, 1.165) is 24.9 Å². The highest BCUT2D eigenvalue weighted by atomic mass is 16.6. The smallest absolute Gasteiger partial charge is 0.411 e. The Morgan fingerprint density at radius 3 is 2.12 bits per heavy atom. The fraction of sp³-hybridized carbons (Fsp3) is 0.300. The van der Waals surface area contributed by atoms with Gasteiger partial charge < -0.3 is 15.4 Å². The second-order valence-corrected chi connectivity index (χ2v) is 6.35. The highest BCUT2D eigenvalue weighted by Crippen LogP contribution is 2.22. The number of carbonyl (C=O) groups excluding carboxylic acids is 2. The molecule has 0 radical (unpaired) electrons. The first kappa shape index (κ1) is 17.8. The van der Waals surface area contributed by atoms with Crippen LogP contribution in [0.5, 0.6) is 0 Å². The van der Waals surface area contributed by atoms with Gasteiger partial charge in [0.05, 0.1) is 0 Å². The van der Waals surface area contributed by atoms with E-state index < -0.39 is 6.09 Å². The van der Waals surface area contributed by atoms with Crippen molar-refractivity contribution in [1.82, 2.24) is 5.32 Å². The van der Waals surface area contributed by atoms with E-state index >= 15 is 0 Å². The van der Waals surface area contributed by atoms with Crippen molar-refractivity contribution in [2.24, 2.45) is 0 Å². The van der Waals surface area contributed by atoms with Crippen LogP contribution in [0.3, 0.4) is 0 Å². The van der Waals surface area contributed by atoms with Crippen LogP contribution in [0.25, 0.3) is 0 Å². The lowest BCUT2D eigenvalue weighted by atomic mass is 9.93. The number of amides is 3. The second kappa shape index (κ2) is 8.89. The summed E-state index contributed by atoms with van der Waals surface area (Å²) >= 11 is 0. The zero-order valence-corrected chi connectivity index (χ0v) is 14.5. The quantitative estimate of drug-likeness (QED) is 0.764. The molecule has 2 atom stereocenters. The molecule has 2 aromatic carbocycles. The summed E-state index contributed by atoms with van der Waals surface area (Å²) in [5.41, 5.74) is 1.45. The molecule has 6 nitrogen and oxygen atoms in total. The molecule has 0 bridgehead atoms. The Kier molecular flexibility index (Phi) is 6.09. The molecule has 3 N–H and O–H groups in total. The van der Waals surface area contributed by atoms with Crippen molar-refractivity contribution in [3.8, 4) is 0 Å². The fourth-order valence-electron chi connectivity index (χ4n) is 3.08. The first-order valence-corrected chi connectivity index (χ1v) is 8.84. The summed E-state index contributed by atoms with van der Waals surface area (Å²) in [6.07, 6.45) is 2.54. The summed E-state index contributed by atoms with van der Waals surface area (Å²) in [5, 5.41) is 8.48. The summed E-state index contributed by atoms with van der Waals surface area (Å²) in [6, 6.07) is 18.2. The van der Waals surface area contributed by atoms with Gasteiger partial charge in [0.25, 0.3) is 0 Å². The predicted octanol–water partition coefficient (Wildman–Crippen LogP) is 4.37. The van der Waals surface area contributed by atoms with Gasteiger partial charge in [-0.2, -0.15) is 0 Å². The van der Waals surface area contributed by atoms with Gasteiger partial charge in [0.1, 0.15) is 6.10 Å². The SMILES string of the molecule is O=C(Nc1ccccc1)NC1CCCC(OC(=O)Nc2ccccc2)C1. The molecule has 0 aliphatic heterocycles. The molecule has 26 heavy (non-hydrogen) atoms. The standard InChI is InChI=1S/C20H23N3O3/c24-19(21-15-8-3-1-4-9-15)22-17-12-7-13-18(14-17)26-20(25)23-16-10-5-2-6-11-16/h1-6,8-11,17-18H,7,12-14H2,(H,23,25)(H2,21,22,24). The number of nitrogens with one attached hydrogen (secondary N) is 3. The third kappa shape index (κ3) is 5.51. The molecule has 0 heterocycles. The lowest BCUT2D eigenvalue weighted by molar-refractivity contribution is 0.0779. The molecule has 0 aromatic heterocycles. The van der Waals surface area contributed by atoms with E-state index in [2.05, 4.69) is 16.0 Å². The van der Waals surface area contributed by atoms with Crippen molar-refractivity contribution in [3.63, 3.8) is 0 Å². The maximum Gasteiger partial charge on any atom is 0.411 e. The Labute approximate surface area is 152 Å². The highest BCUT2D eigenvalue weighted by molar-refractivity contribution is 5.89. The third-order valence-corrected chi connectivity index (χ3v) is 4.29. The van der Waals surface area contributed by atoms with Crippen molar-refractivity contribution in [2.45, 2.75) is 37.8 Å². The second-order valence-electron chi connectivity index (χ2n) is 6.35. The number of anilines is 2. The Morgan fingerprint density at radius 2 is 1.46 bits per heavy atom. The van der Waals surface area contributed by atoms with Gasteiger partial charge >= 0.3 is 12.1 Å². The minimum absolute atomic E-state index is 0.0120. The van der Waals surface area contributed by atoms with Crippen LogP contribution < -0.4 is 16.0 Å². The van der Waals surface area contributed by atoms with Crippen LogP contribution in [0.2, 0.25) is 0 Å². The van der Waals surface area contributed by atoms with Gasteiger partial charge in [0.15, 0.2) is 0 Å². The molecule has 3 rings (SSSR count). The molecular weight excluding hydrogens is 330 g/mol. The first-order chi connectivity index (χ1) is 12.7. The number of para-hydroxylation sites is 2. The lowest BCUT2D eigenvalue weighted by Crippen LogP contribution is -2.43. The van der Waals surface area contributed by atoms with Crippen LogP contribution in [0, 0.1) is 0 Å². The van der Waals surface area contributed by atoms with Gasteiger partial charge in [0, 0.05) is 23.8 Å². The largest absolute Gasteiger partial charge is 0.446 e. The Bertz CT molecular complexity index is 660. The van der Waals surface area contributed by atoms with Crippen molar-refractivity contribution >= 4 is 23.5 Å². The number of carbonyl (C=O) groups is 2. The van der Waals surface area contributed by atoms with E-state index in [0.29, 0.717) is 12.1 Å². The Balaban J connectivity index is 1.45. The maximum absolute atomic E-state index is 12.1. The minimum Gasteiger partial charge on any atom is -0.446 e. The molecule has 1 fully saturated rings. The van der Waals surface area contributed by atoms with E-state index in [1.54, 1.807) is 12.1 Å². The van der Waals surface area contributed by atoms with Crippen LogP contribution in [0.4, 0.5) is 21.0 Å². The third-order valence-electron chi connectivity index (χ3n) is 4.29. The highest BCUT2D eigenvalue weighted by Gasteiger charge is 2.26. The van der Waals surface area contributed by atoms with Crippen LogP contribution in [0.15, 0.2) is 60.7 Å². The lowest BCUT2D eigenvalue weighted by Gasteiger charge is -2.29. The Morgan fingerprint density at radius 1 is 0.846 bits per heavy atom. The molecule has 2 aromatic rings. The molecule has 136 valence electrons. The van der Waals surface area contributed by atoms with Gasteiger partial charge in [-0.05, 0) is 43.5 Å². The van der Waals surface area contributed by atoms with E-state index in [4.69, 9.17) is 4.74 Å². The average Bonchev–Trinajstić information content (AvgIpc) is 2.63. The molecule has 1 saturated carbocycles. The normalized spacial score (nSPS) is 19.2. The van der Waals surface area contributed by atoms with Crippen LogP contribution in [-0.2, 0) is 4.74 Å². The summed E-state index contributed by atoms with van der Waals surface area (Å²) in [6.45, 7) is 0. The summed E-state index contributed by atoms with van der Waals surface area (Å²) in [7, 11) is 0. The topological polar surface area (TPSA) is 79.5 Å². The first-order valence-electron chi connectivity index (χ1n) is 8.84. The molecule has 2 unspecified atom stereocenters. The van der Waals surface area contributed by atoms with E-state index in [-0.39, 0.29) is 18.2 Å². The summed E-state index contributed by atoms with van der Waals surface area (Å²) < 4.78 is 5.50. The van der Waals surface area contributed by atoms with Crippen molar-refractivity contribution in [3.05, 3.63) is 60.7 Å². The van der Waals surface area contributed by atoms with E-state index in [1.807, 2.05) is 48.5 Å². The van der Waals surface area contributed by atoms with Crippen LogP contribution in [0.1, 0.15) is 25.7 Å². The number of benzene rings is 2.